The highest BCUT2D eigenvalue weighted by Crippen LogP contribution is 2.27. The molecule has 4 rings (SSSR count). The van der Waals surface area contributed by atoms with E-state index in [2.05, 4.69) is 35.5 Å². The molecule has 3 aromatic rings. The minimum absolute atomic E-state index is 0.0261. The Balaban J connectivity index is 1.32. The van der Waals surface area contributed by atoms with Gasteiger partial charge in [-0.25, -0.2) is 23.1 Å². The van der Waals surface area contributed by atoms with Crippen LogP contribution in [0.1, 0.15) is 23.4 Å². The van der Waals surface area contributed by atoms with Gasteiger partial charge in [-0.05, 0) is 67.9 Å². The van der Waals surface area contributed by atoms with Crippen LogP contribution in [0.4, 0.5) is 11.6 Å². The third kappa shape index (κ3) is 7.79. The summed E-state index contributed by atoms with van der Waals surface area (Å²) in [6.45, 7) is 3.47. The number of ether oxygens (including phenoxy) is 2. The van der Waals surface area contributed by atoms with Crippen molar-refractivity contribution in [3.05, 3.63) is 65.5 Å². The second kappa shape index (κ2) is 12.8. The maximum Gasteiger partial charge on any atom is 0.264 e. The number of methoxy groups -OCH3 is 2. The van der Waals surface area contributed by atoms with Crippen LogP contribution < -0.4 is 24.8 Å². The van der Waals surface area contributed by atoms with Crippen LogP contribution in [0.15, 0.2) is 63.6 Å². The van der Waals surface area contributed by atoms with Crippen LogP contribution in [0.25, 0.3) is 0 Å². The average Bonchev–Trinajstić information content (AvgIpc) is 3.26. The van der Waals surface area contributed by atoms with E-state index in [0.717, 1.165) is 11.8 Å². The Bertz CT molecular complexity index is 1610. The molecule has 2 heterocycles. The van der Waals surface area contributed by atoms with Crippen molar-refractivity contribution >= 4 is 56.6 Å². The van der Waals surface area contributed by atoms with E-state index in [4.69, 9.17) is 9.47 Å². The zero-order chi connectivity index (χ0) is 29.6. The van der Waals surface area contributed by atoms with Gasteiger partial charge >= 0.3 is 0 Å². The molecule has 0 radical (unpaired) electrons. The molecule has 1 aliphatic heterocycles. The van der Waals surface area contributed by atoms with Gasteiger partial charge < -0.3 is 20.1 Å². The molecule has 1 aromatic heterocycles. The molecular weight excluding hydrogens is 570 g/mol. The summed E-state index contributed by atoms with van der Waals surface area (Å²) < 4.78 is 38.2. The Kier molecular flexibility index (Phi) is 9.19. The minimum Gasteiger partial charge on any atom is -0.493 e. The van der Waals surface area contributed by atoms with Gasteiger partial charge in [-0.15, -0.1) is 5.10 Å². The molecule has 1 atom stereocenters. The second-order valence-corrected chi connectivity index (χ2v) is 11.6. The van der Waals surface area contributed by atoms with Gasteiger partial charge in [0.2, 0.25) is 17.8 Å². The SMILES string of the molecule is COc1ccc(/C=N/N=C2\NC(=O)C(CC(=O)Nc3ccc(S(=O)(=O)Nc4nc(C)cc(C)n4)cc3)S2)cc1OC. The van der Waals surface area contributed by atoms with E-state index in [1.165, 1.54) is 37.6 Å². The number of nitrogens with one attached hydrogen (secondary N) is 3. The summed E-state index contributed by atoms with van der Waals surface area (Å²) in [5.41, 5.74) is 2.34. The highest BCUT2D eigenvalue weighted by Gasteiger charge is 2.32. The van der Waals surface area contributed by atoms with E-state index in [0.29, 0.717) is 34.1 Å². The van der Waals surface area contributed by atoms with Crippen molar-refractivity contribution in [2.24, 2.45) is 10.2 Å². The van der Waals surface area contributed by atoms with Crippen molar-refractivity contribution < 1.29 is 27.5 Å². The Labute approximate surface area is 240 Å². The summed E-state index contributed by atoms with van der Waals surface area (Å²) in [6.07, 6.45) is 1.37. The topological polar surface area (TPSA) is 173 Å². The number of thioether (sulfide) groups is 1. The number of hydrogen-bond donors (Lipinski definition) is 3. The molecule has 1 aliphatic rings. The summed E-state index contributed by atoms with van der Waals surface area (Å²) >= 11 is 1.09. The number of sulfonamides is 1. The first-order valence-corrected chi connectivity index (χ1v) is 14.5. The third-order valence-electron chi connectivity index (χ3n) is 5.57. The molecule has 2 amide bonds. The zero-order valence-electron chi connectivity index (χ0n) is 22.5. The normalized spacial score (nSPS) is 16.0. The van der Waals surface area contributed by atoms with E-state index in [9.17, 15) is 18.0 Å². The summed E-state index contributed by atoms with van der Waals surface area (Å²) in [6, 6.07) is 12.6. The predicted molar refractivity (Wildman–Crippen MR) is 156 cm³/mol. The van der Waals surface area contributed by atoms with E-state index in [1.807, 2.05) is 0 Å². The summed E-state index contributed by atoms with van der Waals surface area (Å²) in [7, 11) is -0.866. The first-order valence-electron chi connectivity index (χ1n) is 12.1. The van der Waals surface area contributed by atoms with Crippen molar-refractivity contribution in [3.8, 4) is 11.5 Å². The molecule has 15 heteroatoms. The van der Waals surface area contributed by atoms with Gasteiger partial charge in [0, 0.05) is 23.5 Å². The summed E-state index contributed by atoms with van der Waals surface area (Å²) in [4.78, 5) is 33.1. The zero-order valence-corrected chi connectivity index (χ0v) is 24.2. The number of hydrogen-bond acceptors (Lipinski definition) is 11. The van der Waals surface area contributed by atoms with Crippen molar-refractivity contribution in [2.75, 3.05) is 24.3 Å². The molecule has 41 heavy (non-hydrogen) atoms. The lowest BCUT2D eigenvalue weighted by Gasteiger charge is -2.10. The number of benzene rings is 2. The van der Waals surface area contributed by atoms with Crippen molar-refractivity contribution in [1.29, 1.82) is 0 Å². The van der Waals surface area contributed by atoms with Crippen molar-refractivity contribution in [3.63, 3.8) is 0 Å². The number of amides is 2. The van der Waals surface area contributed by atoms with E-state index >= 15 is 0 Å². The number of carbonyl (C=O) groups excluding carboxylic acids is 2. The van der Waals surface area contributed by atoms with Crippen molar-refractivity contribution in [2.45, 2.75) is 30.4 Å². The maximum atomic E-state index is 12.7. The lowest BCUT2D eigenvalue weighted by molar-refractivity contribution is -0.122. The molecule has 3 N–H and O–H groups in total. The van der Waals surface area contributed by atoms with Crippen LogP contribution >= 0.6 is 11.8 Å². The van der Waals surface area contributed by atoms with Gasteiger partial charge in [0.05, 0.1) is 25.3 Å². The van der Waals surface area contributed by atoms with Gasteiger partial charge in [-0.3, -0.25) is 9.59 Å². The molecule has 0 saturated carbocycles. The van der Waals surface area contributed by atoms with Crippen LogP contribution in [0.5, 0.6) is 11.5 Å². The second-order valence-electron chi connectivity index (χ2n) is 8.72. The molecule has 13 nitrogen and oxygen atoms in total. The molecule has 2 aromatic carbocycles. The Morgan fingerprint density at radius 1 is 1.05 bits per heavy atom. The van der Waals surface area contributed by atoms with Crippen LogP contribution in [-0.4, -0.2) is 61.1 Å². The van der Waals surface area contributed by atoms with E-state index < -0.39 is 21.2 Å². The fourth-order valence-corrected chi connectivity index (χ4v) is 5.58. The average molecular weight is 598 g/mol. The number of amidine groups is 1. The fourth-order valence-electron chi connectivity index (χ4n) is 3.72. The summed E-state index contributed by atoms with van der Waals surface area (Å²) in [5, 5.41) is 12.9. The van der Waals surface area contributed by atoms with Gasteiger partial charge in [0.25, 0.3) is 10.0 Å². The number of nitrogens with zero attached hydrogens (tertiary/aromatic N) is 4. The molecule has 214 valence electrons. The standard InChI is InChI=1S/C26H27N7O6S2/c1-15-11-16(2)29-25(28-15)33-41(36,37)19-8-6-18(7-9-19)30-23(34)13-22-24(35)31-26(40-22)32-27-14-17-5-10-20(38-3)21(12-17)39-4/h5-12,14,22H,13H2,1-4H3,(H,30,34)(H,28,29,33)(H,31,32,35)/b27-14+. The number of aromatic nitrogens is 2. The predicted octanol–water partition coefficient (Wildman–Crippen LogP) is 2.86. The fraction of sp³-hybridized carbons (Fsp3) is 0.231. The number of aryl methyl sites for hydroxylation is 2. The highest BCUT2D eigenvalue weighted by atomic mass is 32.2. The number of rotatable bonds is 10. The van der Waals surface area contributed by atoms with Crippen LogP contribution in [0, 0.1) is 13.8 Å². The highest BCUT2D eigenvalue weighted by molar-refractivity contribution is 8.15. The lowest BCUT2D eigenvalue weighted by Crippen LogP contribution is -2.28. The largest absolute Gasteiger partial charge is 0.493 e. The van der Waals surface area contributed by atoms with Crippen LogP contribution in [0.3, 0.4) is 0 Å². The summed E-state index contributed by atoms with van der Waals surface area (Å²) in [5.74, 6) is 0.300. The molecule has 0 aliphatic carbocycles. The van der Waals surface area contributed by atoms with Gasteiger partial charge in [0.15, 0.2) is 16.7 Å². The lowest BCUT2D eigenvalue weighted by atomic mass is 10.2. The molecule has 1 fully saturated rings. The third-order valence-corrected chi connectivity index (χ3v) is 7.98. The van der Waals surface area contributed by atoms with Crippen LogP contribution in [0.2, 0.25) is 0 Å². The molecule has 1 saturated heterocycles. The smallest absolute Gasteiger partial charge is 0.264 e. The maximum absolute atomic E-state index is 12.7. The van der Waals surface area contributed by atoms with Gasteiger partial charge in [0.1, 0.15) is 5.25 Å². The number of carbonyl (C=O) groups is 2. The van der Waals surface area contributed by atoms with Gasteiger partial charge in [-0.2, -0.15) is 5.10 Å². The van der Waals surface area contributed by atoms with Gasteiger partial charge in [-0.1, -0.05) is 11.8 Å². The quantitative estimate of drug-likeness (QED) is 0.235. The van der Waals surface area contributed by atoms with Crippen LogP contribution in [-0.2, 0) is 19.6 Å². The minimum atomic E-state index is -3.94. The monoisotopic (exact) mass is 597 g/mol. The Morgan fingerprint density at radius 2 is 1.73 bits per heavy atom. The molecular formula is C26H27N7O6S2. The molecule has 0 spiro atoms. The first-order chi connectivity index (χ1) is 19.6. The Morgan fingerprint density at radius 3 is 2.39 bits per heavy atom. The van der Waals surface area contributed by atoms with E-state index in [1.54, 1.807) is 45.2 Å². The van der Waals surface area contributed by atoms with Crippen molar-refractivity contribution in [1.82, 2.24) is 15.3 Å². The number of anilines is 2. The van der Waals surface area contributed by atoms with E-state index in [-0.39, 0.29) is 28.3 Å². The first kappa shape index (κ1) is 29.5. The molecule has 0 bridgehead atoms. The Hall–Kier alpha value is -4.50. The molecule has 1 unspecified atom stereocenters.